The normalized spacial score (nSPS) is 14.5. The Labute approximate surface area is 83.9 Å². The standard InChI is InChI=1S/C10H17NOS/c1-10(2,3)13-7-8(11)9-5-4-6-12-9/h4-6,8H,7,11H2,1-3H3. The topological polar surface area (TPSA) is 39.2 Å². The first-order chi connectivity index (χ1) is 5.99. The van der Waals surface area contributed by atoms with Gasteiger partial charge >= 0.3 is 0 Å². The smallest absolute Gasteiger partial charge is 0.121 e. The quantitative estimate of drug-likeness (QED) is 0.813. The van der Waals surface area contributed by atoms with E-state index in [4.69, 9.17) is 10.2 Å². The largest absolute Gasteiger partial charge is 0.468 e. The molecule has 0 fully saturated rings. The average molecular weight is 199 g/mol. The first kappa shape index (κ1) is 10.7. The minimum Gasteiger partial charge on any atom is -0.468 e. The van der Waals surface area contributed by atoms with Crippen molar-refractivity contribution in [2.45, 2.75) is 31.6 Å². The Bertz CT molecular complexity index is 238. The van der Waals surface area contributed by atoms with Gasteiger partial charge in [-0.3, -0.25) is 0 Å². The van der Waals surface area contributed by atoms with E-state index >= 15 is 0 Å². The molecular weight excluding hydrogens is 182 g/mol. The van der Waals surface area contributed by atoms with Crippen LogP contribution in [0.5, 0.6) is 0 Å². The molecule has 3 heteroatoms. The Hall–Kier alpha value is -0.410. The molecule has 0 aliphatic rings. The maximum atomic E-state index is 5.93. The van der Waals surface area contributed by atoms with Crippen LogP contribution in [0.2, 0.25) is 0 Å². The Balaban J connectivity index is 2.39. The molecule has 0 aromatic carbocycles. The highest BCUT2D eigenvalue weighted by atomic mass is 32.2. The number of rotatable bonds is 3. The number of nitrogens with two attached hydrogens (primary N) is 1. The van der Waals surface area contributed by atoms with Gasteiger partial charge in [0.1, 0.15) is 5.76 Å². The Morgan fingerprint density at radius 3 is 2.69 bits per heavy atom. The maximum Gasteiger partial charge on any atom is 0.121 e. The summed E-state index contributed by atoms with van der Waals surface area (Å²) in [5.41, 5.74) is 5.93. The van der Waals surface area contributed by atoms with Crippen molar-refractivity contribution < 1.29 is 4.42 Å². The van der Waals surface area contributed by atoms with Gasteiger partial charge in [0.2, 0.25) is 0 Å². The van der Waals surface area contributed by atoms with Gasteiger partial charge < -0.3 is 10.2 Å². The highest BCUT2D eigenvalue weighted by Gasteiger charge is 2.15. The van der Waals surface area contributed by atoms with Crippen LogP contribution >= 0.6 is 11.8 Å². The molecule has 1 heterocycles. The number of furan rings is 1. The van der Waals surface area contributed by atoms with Crippen LogP contribution in [0, 0.1) is 0 Å². The van der Waals surface area contributed by atoms with Crippen molar-refractivity contribution in [2.24, 2.45) is 5.73 Å². The summed E-state index contributed by atoms with van der Waals surface area (Å²) >= 11 is 1.85. The van der Waals surface area contributed by atoms with E-state index < -0.39 is 0 Å². The summed E-state index contributed by atoms with van der Waals surface area (Å²) in [5.74, 6) is 1.77. The summed E-state index contributed by atoms with van der Waals surface area (Å²) in [7, 11) is 0. The van der Waals surface area contributed by atoms with Gasteiger partial charge in [-0.05, 0) is 12.1 Å². The van der Waals surface area contributed by atoms with Crippen molar-refractivity contribution in [3.05, 3.63) is 24.2 Å². The van der Waals surface area contributed by atoms with Gasteiger partial charge in [0.05, 0.1) is 12.3 Å². The Morgan fingerprint density at radius 2 is 2.23 bits per heavy atom. The molecule has 0 bridgehead atoms. The lowest BCUT2D eigenvalue weighted by atomic mass is 10.2. The first-order valence-electron chi connectivity index (χ1n) is 4.42. The first-order valence-corrected chi connectivity index (χ1v) is 5.40. The number of thioether (sulfide) groups is 1. The lowest BCUT2D eigenvalue weighted by Gasteiger charge is -2.19. The van der Waals surface area contributed by atoms with E-state index in [-0.39, 0.29) is 10.8 Å². The third-order valence-electron chi connectivity index (χ3n) is 1.60. The molecule has 0 aliphatic carbocycles. The second-order valence-electron chi connectivity index (χ2n) is 4.05. The van der Waals surface area contributed by atoms with Crippen molar-refractivity contribution in [2.75, 3.05) is 5.75 Å². The van der Waals surface area contributed by atoms with E-state index in [0.29, 0.717) is 0 Å². The summed E-state index contributed by atoms with van der Waals surface area (Å²) in [4.78, 5) is 0. The van der Waals surface area contributed by atoms with E-state index in [1.807, 2.05) is 23.9 Å². The fourth-order valence-electron chi connectivity index (χ4n) is 0.924. The van der Waals surface area contributed by atoms with Gasteiger partial charge in [-0.1, -0.05) is 20.8 Å². The molecule has 2 nitrogen and oxygen atoms in total. The van der Waals surface area contributed by atoms with Gasteiger partial charge in [-0.15, -0.1) is 0 Å². The van der Waals surface area contributed by atoms with Gasteiger partial charge in [0, 0.05) is 10.5 Å². The molecule has 1 aromatic heterocycles. The molecule has 0 saturated heterocycles. The summed E-state index contributed by atoms with van der Waals surface area (Å²) in [5, 5.41) is 0. The maximum absolute atomic E-state index is 5.93. The average Bonchev–Trinajstić information content (AvgIpc) is 2.50. The molecule has 0 aliphatic heterocycles. The zero-order chi connectivity index (χ0) is 9.90. The fourth-order valence-corrected chi connectivity index (χ4v) is 1.77. The molecule has 1 aromatic rings. The molecule has 0 radical (unpaired) electrons. The molecule has 2 N–H and O–H groups in total. The zero-order valence-electron chi connectivity index (χ0n) is 8.41. The number of hydrogen-bond acceptors (Lipinski definition) is 3. The molecule has 1 unspecified atom stereocenters. The molecule has 74 valence electrons. The monoisotopic (exact) mass is 199 g/mol. The predicted molar refractivity (Wildman–Crippen MR) is 57.8 cm³/mol. The van der Waals surface area contributed by atoms with E-state index in [0.717, 1.165) is 11.5 Å². The summed E-state index contributed by atoms with van der Waals surface area (Å²) in [6, 6.07) is 3.81. The molecule has 1 rings (SSSR count). The summed E-state index contributed by atoms with van der Waals surface area (Å²) < 4.78 is 5.49. The van der Waals surface area contributed by atoms with E-state index in [9.17, 15) is 0 Å². The molecule has 0 amide bonds. The third-order valence-corrected chi connectivity index (χ3v) is 3.00. The van der Waals surface area contributed by atoms with Crippen molar-refractivity contribution in [1.82, 2.24) is 0 Å². The number of hydrogen-bond donors (Lipinski definition) is 1. The van der Waals surface area contributed by atoms with Gasteiger partial charge in [0.25, 0.3) is 0 Å². The van der Waals surface area contributed by atoms with Crippen LogP contribution in [0.4, 0.5) is 0 Å². The summed E-state index contributed by atoms with van der Waals surface area (Å²) in [6.45, 7) is 6.56. The fraction of sp³-hybridized carbons (Fsp3) is 0.600. The predicted octanol–water partition coefficient (Wildman–Crippen LogP) is 2.81. The van der Waals surface area contributed by atoms with Crippen molar-refractivity contribution in [1.29, 1.82) is 0 Å². The Kier molecular flexibility index (Phi) is 3.45. The van der Waals surface area contributed by atoms with Crippen LogP contribution in [0.25, 0.3) is 0 Å². The van der Waals surface area contributed by atoms with Crippen molar-refractivity contribution >= 4 is 11.8 Å². The molecule has 1 atom stereocenters. The van der Waals surface area contributed by atoms with Crippen LogP contribution in [0.1, 0.15) is 32.6 Å². The second kappa shape index (κ2) is 4.20. The third kappa shape index (κ3) is 3.87. The molecular formula is C10H17NOS. The van der Waals surface area contributed by atoms with E-state index in [1.165, 1.54) is 0 Å². The van der Waals surface area contributed by atoms with Crippen LogP contribution in [0.3, 0.4) is 0 Å². The van der Waals surface area contributed by atoms with Crippen LogP contribution in [-0.2, 0) is 0 Å². The Morgan fingerprint density at radius 1 is 1.54 bits per heavy atom. The van der Waals surface area contributed by atoms with Crippen LogP contribution in [-0.4, -0.2) is 10.5 Å². The second-order valence-corrected chi connectivity index (χ2v) is 5.89. The van der Waals surface area contributed by atoms with Crippen molar-refractivity contribution in [3.63, 3.8) is 0 Å². The van der Waals surface area contributed by atoms with Gasteiger partial charge in [0.15, 0.2) is 0 Å². The lowest BCUT2D eigenvalue weighted by Crippen LogP contribution is -2.17. The molecule has 0 spiro atoms. The lowest BCUT2D eigenvalue weighted by molar-refractivity contribution is 0.482. The van der Waals surface area contributed by atoms with E-state index in [1.54, 1.807) is 6.26 Å². The minimum absolute atomic E-state index is 0.0132. The van der Waals surface area contributed by atoms with Crippen molar-refractivity contribution in [3.8, 4) is 0 Å². The highest BCUT2D eigenvalue weighted by molar-refractivity contribution is 8.00. The SMILES string of the molecule is CC(C)(C)SCC(N)c1ccco1. The van der Waals surface area contributed by atoms with Gasteiger partial charge in [-0.2, -0.15) is 11.8 Å². The highest BCUT2D eigenvalue weighted by Crippen LogP contribution is 2.27. The zero-order valence-corrected chi connectivity index (χ0v) is 9.23. The van der Waals surface area contributed by atoms with Crippen LogP contribution in [0.15, 0.2) is 22.8 Å². The summed E-state index contributed by atoms with van der Waals surface area (Å²) in [6.07, 6.45) is 1.66. The molecule has 13 heavy (non-hydrogen) atoms. The minimum atomic E-state index is 0.0132. The van der Waals surface area contributed by atoms with Crippen LogP contribution < -0.4 is 5.73 Å². The van der Waals surface area contributed by atoms with Gasteiger partial charge in [-0.25, -0.2) is 0 Å². The molecule has 0 saturated carbocycles. The van der Waals surface area contributed by atoms with E-state index in [2.05, 4.69) is 20.8 Å².